The maximum atomic E-state index is 12.2. The van der Waals surface area contributed by atoms with Crippen molar-refractivity contribution >= 4 is 0 Å². The number of methoxy groups -OCH3 is 1. The van der Waals surface area contributed by atoms with Crippen molar-refractivity contribution in [2.24, 2.45) is 0 Å². The van der Waals surface area contributed by atoms with E-state index in [0.29, 0.717) is 5.82 Å². The SMILES string of the molecule is COc1ccc(-c2ccc(-c3cc(=O)n(-c4ccccn4)[nH]3)cc2)cc1. The molecule has 0 unspecified atom stereocenters. The Morgan fingerprint density at radius 1 is 0.885 bits per heavy atom. The summed E-state index contributed by atoms with van der Waals surface area (Å²) >= 11 is 0. The van der Waals surface area contributed by atoms with Crippen LogP contribution in [0, 0.1) is 0 Å². The molecule has 0 saturated heterocycles. The fraction of sp³-hybridized carbons (Fsp3) is 0.0476. The number of benzene rings is 2. The zero-order valence-corrected chi connectivity index (χ0v) is 14.2. The lowest BCUT2D eigenvalue weighted by Crippen LogP contribution is -2.14. The van der Waals surface area contributed by atoms with Crippen molar-refractivity contribution in [3.05, 3.63) is 89.3 Å². The molecule has 26 heavy (non-hydrogen) atoms. The molecule has 1 N–H and O–H groups in total. The predicted molar refractivity (Wildman–Crippen MR) is 102 cm³/mol. The normalized spacial score (nSPS) is 10.7. The van der Waals surface area contributed by atoms with Crippen molar-refractivity contribution in [3.8, 4) is 34.0 Å². The molecule has 2 aromatic heterocycles. The molecule has 4 rings (SSSR count). The second-order valence-corrected chi connectivity index (χ2v) is 5.84. The summed E-state index contributed by atoms with van der Waals surface area (Å²) in [4.78, 5) is 16.4. The zero-order chi connectivity index (χ0) is 17.9. The van der Waals surface area contributed by atoms with Crippen LogP contribution in [-0.2, 0) is 0 Å². The van der Waals surface area contributed by atoms with Crippen molar-refractivity contribution < 1.29 is 4.74 Å². The summed E-state index contributed by atoms with van der Waals surface area (Å²) in [5.41, 5.74) is 3.76. The van der Waals surface area contributed by atoms with Gasteiger partial charge in [0, 0.05) is 12.3 Å². The zero-order valence-electron chi connectivity index (χ0n) is 14.2. The summed E-state index contributed by atoms with van der Waals surface area (Å²) in [6.45, 7) is 0. The Hall–Kier alpha value is -3.60. The molecule has 128 valence electrons. The average Bonchev–Trinajstić information content (AvgIpc) is 3.10. The van der Waals surface area contributed by atoms with Gasteiger partial charge in [-0.15, -0.1) is 0 Å². The number of ether oxygens (including phenoxy) is 1. The van der Waals surface area contributed by atoms with Gasteiger partial charge in [0.05, 0.1) is 12.8 Å². The molecule has 0 aliphatic heterocycles. The summed E-state index contributed by atoms with van der Waals surface area (Å²) < 4.78 is 6.63. The van der Waals surface area contributed by atoms with Crippen molar-refractivity contribution in [1.29, 1.82) is 0 Å². The van der Waals surface area contributed by atoms with Crippen molar-refractivity contribution in [2.45, 2.75) is 0 Å². The first kappa shape index (κ1) is 15.9. The van der Waals surface area contributed by atoms with Crippen LogP contribution in [0.3, 0.4) is 0 Å². The van der Waals surface area contributed by atoms with E-state index in [0.717, 1.165) is 28.1 Å². The van der Waals surface area contributed by atoms with E-state index in [1.54, 1.807) is 25.4 Å². The van der Waals surface area contributed by atoms with E-state index in [1.807, 2.05) is 60.7 Å². The number of hydrogen-bond donors (Lipinski definition) is 1. The minimum Gasteiger partial charge on any atom is -0.497 e. The van der Waals surface area contributed by atoms with Crippen LogP contribution >= 0.6 is 0 Å². The van der Waals surface area contributed by atoms with Crippen LogP contribution in [0.4, 0.5) is 0 Å². The third kappa shape index (κ3) is 3.02. The third-order valence-electron chi connectivity index (χ3n) is 4.22. The largest absolute Gasteiger partial charge is 0.497 e. The van der Waals surface area contributed by atoms with Crippen LogP contribution in [0.25, 0.3) is 28.2 Å². The number of aromatic amines is 1. The number of nitrogens with zero attached hydrogens (tertiary/aromatic N) is 2. The Kier molecular flexibility index (Phi) is 4.11. The van der Waals surface area contributed by atoms with E-state index in [2.05, 4.69) is 10.1 Å². The van der Waals surface area contributed by atoms with Gasteiger partial charge in [-0.3, -0.25) is 9.89 Å². The lowest BCUT2D eigenvalue weighted by Gasteiger charge is -2.05. The molecule has 4 aromatic rings. The number of nitrogens with one attached hydrogen (secondary N) is 1. The Labute approximate surface area is 150 Å². The Morgan fingerprint density at radius 3 is 2.15 bits per heavy atom. The van der Waals surface area contributed by atoms with Gasteiger partial charge in [-0.2, -0.15) is 0 Å². The van der Waals surface area contributed by atoms with Crippen molar-refractivity contribution in [1.82, 2.24) is 14.8 Å². The van der Waals surface area contributed by atoms with Crippen LogP contribution in [-0.4, -0.2) is 21.9 Å². The number of pyridine rings is 1. The van der Waals surface area contributed by atoms with Gasteiger partial charge in [-0.25, -0.2) is 9.67 Å². The topological polar surface area (TPSA) is 59.9 Å². The quantitative estimate of drug-likeness (QED) is 0.611. The van der Waals surface area contributed by atoms with E-state index in [4.69, 9.17) is 4.74 Å². The second kappa shape index (κ2) is 6.72. The highest BCUT2D eigenvalue weighted by Gasteiger charge is 2.08. The minimum absolute atomic E-state index is 0.141. The molecule has 0 amide bonds. The molecule has 0 bridgehead atoms. The predicted octanol–water partition coefficient (Wildman–Crippen LogP) is 3.90. The maximum Gasteiger partial charge on any atom is 0.273 e. The monoisotopic (exact) mass is 343 g/mol. The molecule has 5 nitrogen and oxygen atoms in total. The van der Waals surface area contributed by atoms with E-state index in [-0.39, 0.29) is 5.56 Å². The molecule has 2 heterocycles. The van der Waals surface area contributed by atoms with Gasteiger partial charge in [-0.1, -0.05) is 42.5 Å². The number of rotatable bonds is 4. The van der Waals surface area contributed by atoms with Gasteiger partial charge in [0.15, 0.2) is 5.82 Å². The van der Waals surface area contributed by atoms with E-state index in [9.17, 15) is 4.79 Å². The van der Waals surface area contributed by atoms with E-state index in [1.165, 1.54) is 4.68 Å². The van der Waals surface area contributed by atoms with Gasteiger partial charge in [0.2, 0.25) is 0 Å². The molecule has 2 aromatic carbocycles. The van der Waals surface area contributed by atoms with Crippen LogP contribution in [0.1, 0.15) is 0 Å². The fourth-order valence-electron chi connectivity index (χ4n) is 2.83. The van der Waals surface area contributed by atoms with Gasteiger partial charge in [-0.05, 0) is 41.0 Å². The third-order valence-corrected chi connectivity index (χ3v) is 4.22. The summed E-state index contributed by atoms with van der Waals surface area (Å²) in [7, 11) is 1.65. The molecule has 0 atom stereocenters. The lowest BCUT2D eigenvalue weighted by molar-refractivity contribution is 0.415. The number of hydrogen-bond acceptors (Lipinski definition) is 3. The molecular formula is C21H17N3O2. The Morgan fingerprint density at radius 2 is 1.54 bits per heavy atom. The Balaban J connectivity index is 1.64. The first-order valence-electron chi connectivity index (χ1n) is 8.23. The number of aromatic nitrogens is 3. The maximum absolute atomic E-state index is 12.2. The molecule has 0 aliphatic carbocycles. The molecular weight excluding hydrogens is 326 g/mol. The van der Waals surface area contributed by atoms with Gasteiger partial charge < -0.3 is 4.74 Å². The van der Waals surface area contributed by atoms with Crippen LogP contribution < -0.4 is 10.3 Å². The summed E-state index contributed by atoms with van der Waals surface area (Å²) in [6, 6.07) is 23.0. The highest BCUT2D eigenvalue weighted by molar-refractivity contribution is 5.69. The molecule has 0 saturated carbocycles. The van der Waals surface area contributed by atoms with Crippen LogP contribution in [0.5, 0.6) is 5.75 Å². The smallest absolute Gasteiger partial charge is 0.273 e. The molecule has 0 fully saturated rings. The molecule has 0 spiro atoms. The highest BCUT2D eigenvalue weighted by atomic mass is 16.5. The van der Waals surface area contributed by atoms with E-state index < -0.39 is 0 Å². The summed E-state index contributed by atoms with van der Waals surface area (Å²) in [6.07, 6.45) is 1.66. The lowest BCUT2D eigenvalue weighted by atomic mass is 10.0. The first-order chi connectivity index (χ1) is 12.7. The minimum atomic E-state index is -0.141. The van der Waals surface area contributed by atoms with Gasteiger partial charge >= 0.3 is 0 Å². The highest BCUT2D eigenvalue weighted by Crippen LogP contribution is 2.25. The summed E-state index contributed by atoms with van der Waals surface area (Å²) in [5.74, 6) is 1.40. The van der Waals surface area contributed by atoms with Crippen LogP contribution in [0.15, 0.2) is 83.8 Å². The number of H-pyrrole nitrogens is 1. The fourth-order valence-corrected chi connectivity index (χ4v) is 2.83. The van der Waals surface area contributed by atoms with Gasteiger partial charge in [0.1, 0.15) is 5.75 Å². The van der Waals surface area contributed by atoms with E-state index >= 15 is 0 Å². The first-order valence-corrected chi connectivity index (χ1v) is 8.23. The van der Waals surface area contributed by atoms with Crippen LogP contribution in [0.2, 0.25) is 0 Å². The Bertz CT molecular complexity index is 1060. The standard InChI is InChI=1S/C21H17N3O2/c1-26-18-11-9-16(10-12-18)15-5-7-17(8-6-15)19-14-21(25)24(23-19)20-4-2-3-13-22-20/h2-14,23H,1H3. The average molecular weight is 343 g/mol. The molecule has 0 aliphatic rings. The second-order valence-electron chi connectivity index (χ2n) is 5.84. The molecule has 0 radical (unpaired) electrons. The summed E-state index contributed by atoms with van der Waals surface area (Å²) in [5, 5.41) is 3.11. The van der Waals surface area contributed by atoms with Crippen molar-refractivity contribution in [2.75, 3.05) is 7.11 Å². The van der Waals surface area contributed by atoms with Crippen molar-refractivity contribution in [3.63, 3.8) is 0 Å². The molecule has 5 heteroatoms. The van der Waals surface area contributed by atoms with Gasteiger partial charge in [0.25, 0.3) is 5.56 Å².